The smallest absolute Gasteiger partial charge is 0.327 e. The topological polar surface area (TPSA) is 127 Å². The molecule has 11 heteroatoms. The van der Waals surface area contributed by atoms with Crippen LogP contribution < -0.4 is 5.32 Å². The van der Waals surface area contributed by atoms with Crippen molar-refractivity contribution in [3.8, 4) is 5.75 Å². The Balaban J connectivity index is 1.97. The van der Waals surface area contributed by atoms with Gasteiger partial charge in [-0.05, 0) is 55.7 Å². The maximum Gasteiger partial charge on any atom is 0.327 e. The fourth-order valence-electron chi connectivity index (χ4n) is 4.57. The molecule has 4 N–H and O–H groups in total. The summed E-state index contributed by atoms with van der Waals surface area (Å²) >= 11 is 0. The lowest BCUT2D eigenvalue weighted by Crippen LogP contribution is -2.56. The van der Waals surface area contributed by atoms with Crippen LogP contribution in [0.5, 0.6) is 5.75 Å². The number of likely N-dealkylation sites (tertiary alicyclic amines) is 1. The number of alkyl halides is 2. The molecule has 0 aliphatic carbocycles. The number of hydrogen-bond acceptors (Lipinski definition) is 5. The number of carbonyl (C=O) groups excluding carboxylic acids is 2. The first kappa shape index (κ1) is 28.0. The van der Waals surface area contributed by atoms with E-state index in [2.05, 4.69) is 5.32 Å². The van der Waals surface area contributed by atoms with Gasteiger partial charge in [0.15, 0.2) is 6.10 Å². The van der Waals surface area contributed by atoms with Gasteiger partial charge in [0.2, 0.25) is 0 Å². The van der Waals surface area contributed by atoms with E-state index in [9.17, 15) is 42.9 Å². The average Bonchev–Trinajstić information content (AvgIpc) is 2.98. The van der Waals surface area contributed by atoms with E-state index in [1.54, 1.807) is 6.92 Å². The third-order valence-corrected chi connectivity index (χ3v) is 6.89. The second kappa shape index (κ2) is 10.0. The Morgan fingerprint density at radius 2 is 1.81 bits per heavy atom. The number of nitrogens with one attached hydrogen (secondary N) is 1. The summed E-state index contributed by atoms with van der Waals surface area (Å²) in [5, 5.41) is 33.2. The first-order chi connectivity index (χ1) is 17.1. The summed E-state index contributed by atoms with van der Waals surface area (Å²) in [5.41, 5.74) is -1.04. The molecule has 1 aliphatic rings. The molecule has 1 saturated heterocycles. The third-order valence-electron chi connectivity index (χ3n) is 6.89. The van der Waals surface area contributed by atoms with Crippen LogP contribution in [-0.2, 0) is 16.0 Å². The predicted molar refractivity (Wildman–Crippen MR) is 127 cm³/mol. The van der Waals surface area contributed by atoms with Gasteiger partial charge in [0, 0.05) is 11.1 Å². The molecule has 3 rings (SSSR count). The molecule has 2 aromatic carbocycles. The molecule has 200 valence electrons. The molecule has 2 aromatic rings. The van der Waals surface area contributed by atoms with Crippen molar-refractivity contribution in [1.29, 1.82) is 0 Å². The number of carboxylic acids is 1. The molecule has 0 saturated carbocycles. The van der Waals surface area contributed by atoms with E-state index in [-0.39, 0.29) is 28.9 Å². The fourth-order valence-corrected chi connectivity index (χ4v) is 4.57. The number of aromatic hydroxyl groups is 1. The molecule has 37 heavy (non-hydrogen) atoms. The van der Waals surface area contributed by atoms with Crippen molar-refractivity contribution < 1.29 is 42.9 Å². The van der Waals surface area contributed by atoms with E-state index in [0.29, 0.717) is 10.5 Å². The van der Waals surface area contributed by atoms with E-state index in [4.69, 9.17) is 0 Å². The number of amides is 2. The van der Waals surface area contributed by atoms with Crippen molar-refractivity contribution in [3.05, 3.63) is 64.5 Å². The number of benzene rings is 2. The Morgan fingerprint density at radius 1 is 1.16 bits per heavy atom. The first-order valence-electron chi connectivity index (χ1n) is 11.5. The van der Waals surface area contributed by atoms with Gasteiger partial charge in [-0.1, -0.05) is 26.0 Å². The van der Waals surface area contributed by atoms with Gasteiger partial charge in [-0.2, -0.15) is 0 Å². The predicted octanol–water partition coefficient (Wildman–Crippen LogP) is 2.81. The van der Waals surface area contributed by atoms with Crippen LogP contribution in [-0.4, -0.2) is 68.7 Å². The summed E-state index contributed by atoms with van der Waals surface area (Å²) in [4.78, 5) is 38.6. The van der Waals surface area contributed by atoms with Crippen molar-refractivity contribution in [2.45, 2.75) is 58.2 Å². The van der Waals surface area contributed by atoms with Crippen LogP contribution in [0.4, 0.5) is 13.2 Å². The fraction of sp³-hybridized carbons (Fsp3) is 0.423. The number of aliphatic hydroxyl groups is 1. The molecule has 1 unspecified atom stereocenters. The lowest BCUT2D eigenvalue weighted by Gasteiger charge is -2.32. The number of phenols is 1. The number of aliphatic hydroxyl groups excluding tert-OH is 1. The van der Waals surface area contributed by atoms with Gasteiger partial charge >= 0.3 is 5.97 Å². The van der Waals surface area contributed by atoms with E-state index >= 15 is 0 Å². The highest BCUT2D eigenvalue weighted by Crippen LogP contribution is 2.48. The standard InChI is InChI=1S/C26H29F3N2O6/c1-13-8-17(14(2)19(32)9-13)22(34)30-18(11-15-6-5-7-16(27)10-15)20(33)23(35)31-12-26(28,29)25(3,4)21(31)24(36)37/h5-10,18,20-21,32-33H,11-12H2,1-4H3,(H,30,34)(H,36,37)/t18-,20-,21?/m0/s1. The summed E-state index contributed by atoms with van der Waals surface area (Å²) < 4.78 is 43.2. The minimum atomic E-state index is -3.57. The Morgan fingerprint density at radius 3 is 2.41 bits per heavy atom. The van der Waals surface area contributed by atoms with Crippen molar-refractivity contribution in [2.24, 2.45) is 5.41 Å². The number of aliphatic carboxylic acids is 1. The van der Waals surface area contributed by atoms with Crippen molar-refractivity contribution in [1.82, 2.24) is 10.2 Å². The second-order valence-corrected chi connectivity index (χ2v) is 9.95. The molecule has 1 heterocycles. The lowest BCUT2D eigenvalue weighted by molar-refractivity contribution is -0.156. The molecule has 8 nitrogen and oxygen atoms in total. The number of nitrogens with zero attached hydrogens (tertiary/aromatic N) is 1. The molecule has 1 aliphatic heterocycles. The first-order valence-corrected chi connectivity index (χ1v) is 11.5. The molecular weight excluding hydrogens is 493 g/mol. The van der Waals surface area contributed by atoms with Gasteiger partial charge in [-0.15, -0.1) is 0 Å². The highest BCUT2D eigenvalue weighted by Gasteiger charge is 2.65. The summed E-state index contributed by atoms with van der Waals surface area (Å²) in [7, 11) is 0. The quantitative estimate of drug-likeness (QED) is 0.443. The molecule has 0 aromatic heterocycles. The summed E-state index contributed by atoms with van der Waals surface area (Å²) in [6, 6.07) is 4.68. The zero-order chi connectivity index (χ0) is 27.9. The van der Waals surface area contributed by atoms with Crippen molar-refractivity contribution in [2.75, 3.05) is 6.54 Å². The van der Waals surface area contributed by atoms with Gasteiger partial charge in [0.1, 0.15) is 17.6 Å². The van der Waals surface area contributed by atoms with E-state index in [1.807, 2.05) is 0 Å². The summed E-state index contributed by atoms with van der Waals surface area (Å²) in [5.74, 6) is -8.11. The van der Waals surface area contributed by atoms with Gasteiger partial charge in [0.05, 0.1) is 18.0 Å². The highest BCUT2D eigenvalue weighted by atomic mass is 19.3. The monoisotopic (exact) mass is 522 g/mol. The number of hydrogen-bond donors (Lipinski definition) is 4. The van der Waals surface area contributed by atoms with Crippen LogP contribution in [0.25, 0.3) is 0 Å². The van der Waals surface area contributed by atoms with Gasteiger partial charge in [-0.25, -0.2) is 18.0 Å². The maximum absolute atomic E-state index is 14.7. The maximum atomic E-state index is 14.7. The lowest BCUT2D eigenvalue weighted by atomic mass is 9.81. The molecule has 2 amide bonds. The molecule has 0 spiro atoms. The van der Waals surface area contributed by atoms with Crippen molar-refractivity contribution >= 4 is 17.8 Å². The SMILES string of the molecule is Cc1cc(O)c(C)c(C(=O)N[C@@H](Cc2cccc(F)c2)[C@H](O)C(=O)N2CC(F)(F)C(C)(C)C2C(=O)O)c1. The summed E-state index contributed by atoms with van der Waals surface area (Å²) in [6.45, 7) is 3.92. The minimum Gasteiger partial charge on any atom is -0.508 e. The van der Waals surface area contributed by atoms with Gasteiger partial charge in [-0.3, -0.25) is 9.59 Å². The Bertz CT molecular complexity index is 1230. The van der Waals surface area contributed by atoms with Gasteiger partial charge in [0.25, 0.3) is 17.7 Å². The Labute approximate surface area is 211 Å². The number of halogens is 3. The van der Waals surface area contributed by atoms with Crippen LogP contribution in [0.1, 0.15) is 40.9 Å². The largest absolute Gasteiger partial charge is 0.508 e. The molecular formula is C26H29F3N2O6. The van der Waals surface area contributed by atoms with Crippen LogP contribution in [0, 0.1) is 25.1 Å². The number of carbonyl (C=O) groups is 3. The zero-order valence-corrected chi connectivity index (χ0v) is 20.8. The van der Waals surface area contributed by atoms with E-state index < -0.39 is 59.7 Å². The highest BCUT2D eigenvalue weighted by molar-refractivity contribution is 5.97. The van der Waals surface area contributed by atoms with E-state index in [1.165, 1.54) is 37.3 Å². The molecule has 1 fully saturated rings. The van der Waals surface area contributed by atoms with Crippen molar-refractivity contribution in [3.63, 3.8) is 0 Å². The Kier molecular flexibility index (Phi) is 7.59. The Hall–Kier alpha value is -3.60. The molecule has 3 atom stereocenters. The molecule has 0 radical (unpaired) electrons. The van der Waals surface area contributed by atoms with Crippen LogP contribution in [0.3, 0.4) is 0 Å². The van der Waals surface area contributed by atoms with Crippen LogP contribution >= 0.6 is 0 Å². The number of phenolic OH excluding ortho intramolecular Hbond substituents is 1. The average molecular weight is 523 g/mol. The second-order valence-electron chi connectivity index (χ2n) is 9.95. The van der Waals surface area contributed by atoms with E-state index in [0.717, 1.165) is 19.9 Å². The minimum absolute atomic E-state index is 0.0404. The van der Waals surface area contributed by atoms with Crippen LogP contribution in [0.2, 0.25) is 0 Å². The summed E-state index contributed by atoms with van der Waals surface area (Å²) in [6.07, 6.45) is -2.42. The third kappa shape index (κ3) is 5.41. The normalized spacial score (nSPS) is 19.8. The van der Waals surface area contributed by atoms with Crippen LogP contribution in [0.15, 0.2) is 36.4 Å². The van der Waals surface area contributed by atoms with Gasteiger partial charge < -0.3 is 25.5 Å². The zero-order valence-electron chi connectivity index (χ0n) is 20.8. The number of rotatable bonds is 7. The number of carboxylic acid groups (broad SMARTS) is 1. The molecule has 0 bridgehead atoms. The number of aryl methyl sites for hydroxylation is 1.